The van der Waals surface area contributed by atoms with Gasteiger partial charge in [0.15, 0.2) is 0 Å². The van der Waals surface area contributed by atoms with Crippen molar-refractivity contribution in [1.82, 2.24) is 0 Å². The van der Waals surface area contributed by atoms with Crippen molar-refractivity contribution in [1.29, 1.82) is 5.26 Å². The van der Waals surface area contributed by atoms with E-state index in [9.17, 15) is 4.39 Å². The predicted octanol–water partition coefficient (Wildman–Crippen LogP) is 3.40. The SMILES string of the molecule is N#CCc1c(F)ccc2scc(S)c12. The maximum absolute atomic E-state index is 13.4. The number of hydrogen-bond donors (Lipinski definition) is 1. The van der Waals surface area contributed by atoms with Gasteiger partial charge in [0.1, 0.15) is 5.82 Å². The van der Waals surface area contributed by atoms with E-state index in [0.717, 1.165) is 15.0 Å². The monoisotopic (exact) mass is 223 g/mol. The third-order valence-corrected chi connectivity index (χ3v) is 3.50. The smallest absolute Gasteiger partial charge is 0.128 e. The molecular weight excluding hydrogens is 217 g/mol. The van der Waals surface area contributed by atoms with Crippen LogP contribution in [0.1, 0.15) is 5.56 Å². The van der Waals surface area contributed by atoms with Crippen LogP contribution < -0.4 is 0 Å². The highest BCUT2D eigenvalue weighted by atomic mass is 32.1. The van der Waals surface area contributed by atoms with E-state index in [2.05, 4.69) is 12.6 Å². The van der Waals surface area contributed by atoms with Crippen LogP contribution >= 0.6 is 24.0 Å². The molecule has 2 rings (SSSR count). The van der Waals surface area contributed by atoms with Crippen LogP contribution in [0.15, 0.2) is 22.4 Å². The van der Waals surface area contributed by atoms with Gasteiger partial charge >= 0.3 is 0 Å². The van der Waals surface area contributed by atoms with Crippen LogP contribution in [0, 0.1) is 17.1 Å². The van der Waals surface area contributed by atoms with Gasteiger partial charge in [0.25, 0.3) is 0 Å². The summed E-state index contributed by atoms with van der Waals surface area (Å²) in [6.45, 7) is 0. The Morgan fingerprint density at radius 1 is 1.50 bits per heavy atom. The van der Waals surface area contributed by atoms with Gasteiger partial charge in [-0.15, -0.1) is 24.0 Å². The van der Waals surface area contributed by atoms with Crippen LogP contribution in [0.25, 0.3) is 10.1 Å². The van der Waals surface area contributed by atoms with Crippen molar-refractivity contribution in [2.45, 2.75) is 11.3 Å². The molecule has 0 radical (unpaired) electrons. The van der Waals surface area contributed by atoms with Crippen molar-refractivity contribution >= 4 is 34.1 Å². The second kappa shape index (κ2) is 3.60. The standard InChI is InChI=1S/C10H6FNS2/c11-7-1-2-9-10(6(7)3-4-12)8(13)5-14-9/h1-2,5,13H,3H2. The average molecular weight is 223 g/mol. The number of halogens is 1. The van der Waals surface area contributed by atoms with E-state index in [1.54, 1.807) is 6.07 Å². The Kier molecular flexibility index (Phi) is 2.44. The number of fused-ring (bicyclic) bond motifs is 1. The van der Waals surface area contributed by atoms with Crippen LogP contribution in [0.2, 0.25) is 0 Å². The number of thiol groups is 1. The van der Waals surface area contributed by atoms with Gasteiger partial charge in [-0.3, -0.25) is 0 Å². The highest BCUT2D eigenvalue weighted by molar-refractivity contribution is 7.80. The number of rotatable bonds is 1. The van der Waals surface area contributed by atoms with E-state index < -0.39 is 0 Å². The highest BCUT2D eigenvalue weighted by Gasteiger charge is 2.10. The molecule has 2 aromatic rings. The first-order valence-electron chi connectivity index (χ1n) is 3.98. The molecule has 14 heavy (non-hydrogen) atoms. The fraction of sp³-hybridized carbons (Fsp3) is 0.100. The molecule has 1 nitrogen and oxygen atoms in total. The molecule has 0 unspecified atom stereocenters. The number of thiophene rings is 1. The summed E-state index contributed by atoms with van der Waals surface area (Å²) in [6.07, 6.45) is 0.0907. The van der Waals surface area contributed by atoms with Gasteiger partial charge in [0, 0.05) is 25.9 Å². The number of nitriles is 1. The van der Waals surface area contributed by atoms with Crippen LogP contribution in [-0.4, -0.2) is 0 Å². The number of nitrogens with zero attached hydrogens (tertiary/aromatic N) is 1. The minimum absolute atomic E-state index is 0.0907. The third kappa shape index (κ3) is 1.39. The maximum atomic E-state index is 13.4. The second-order valence-electron chi connectivity index (χ2n) is 2.85. The van der Waals surface area contributed by atoms with Gasteiger partial charge < -0.3 is 0 Å². The van der Waals surface area contributed by atoms with Gasteiger partial charge in [-0.1, -0.05) is 0 Å². The molecule has 0 aliphatic heterocycles. The quantitative estimate of drug-likeness (QED) is 0.736. The summed E-state index contributed by atoms with van der Waals surface area (Å²) in [5.74, 6) is -0.326. The first-order chi connectivity index (χ1) is 6.74. The van der Waals surface area contributed by atoms with Crippen molar-refractivity contribution < 1.29 is 4.39 Å². The highest BCUT2D eigenvalue weighted by Crippen LogP contribution is 2.32. The lowest BCUT2D eigenvalue weighted by Crippen LogP contribution is -1.89. The molecule has 0 aliphatic carbocycles. The van der Waals surface area contributed by atoms with Gasteiger partial charge in [-0.05, 0) is 12.1 Å². The number of benzene rings is 1. The molecule has 0 N–H and O–H groups in total. The third-order valence-electron chi connectivity index (χ3n) is 2.03. The van der Waals surface area contributed by atoms with Gasteiger partial charge in [-0.25, -0.2) is 4.39 Å². The zero-order chi connectivity index (χ0) is 10.1. The first kappa shape index (κ1) is 9.50. The number of hydrogen-bond acceptors (Lipinski definition) is 3. The summed E-state index contributed by atoms with van der Waals surface area (Å²) in [5.41, 5.74) is 0.455. The molecule has 0 fully saturated rings. The predicted molar refractivity (Wildman–Crippen MR) is 58.4 cm³/mol. The molecule has 0 bridgehead atoms. The molecule has 0 saturated heterocycles. The molecular formula is C10H6FNS2. The van der Waals surface area contributed by atoms with Crippen molar-refractivity contribution in [2.75, 3.05) is 0 Å². The summed E-state index contributed by atoms with van der Waals surface area (Å²) in [4.78, 5) is 0.745. The van der Waals surface area contributed by atoms with Crippen molar-refractivity contribution in [2.24, 2.45) is 0 Å². The molecule has 0 spiro atoms. The van der Waals surface area contributed by atoms with Crippen LogP contribution in [0.3, 0.4) is 0 Å². The summed E-state index contributed by atoms with van der Waals surface area (Å²) >= 11 is 5.76. The Morgan fingerprint density at radius 3 is 3.00 bits per heavy atom. The lowest BCUT2D eigenvalue weighted by atomic mass is 10.1. The lowest BCUT2D eigenvalue weighted by Gasteiger charge is -2.00. The molecule has 1 aromatic heterocycles. The summed E-state index contributed by atoms with van der Waals surface area (Å²) in [6, 6.07) is 5.08. The summed E-state index contributed by atoms with van der Waals surface area (Å²) < 4.78 is 14.4. The van der Waals surface area contributed by atoms with Crippen molar-refractivity contribution in [3.05, 3.63) is 28.9 Å². The van der Waals surface area contributed by atoms with E-state index in [1.165, 1.54) is 17.4 Å². The topological polar surface area (TPSA) is 23.8 Å². The van der Waals surface area contributed by atoms with E-state index >= 15 is 0 Å². The maximum Gasteiger partial charge on any atom is 0.128 e. The molecule has 70 valence electrons. The van der Waals surface area contributed by atoms with Gasteiger partial charge in [0.05, 0.1) is 12.5 Å². The second-order valence-corrected chi connectivity index (χ2v) is 4.25. The van der Waals surface area contributed by atoms with E-state index in [0.29, 0.717) is 5.56 Å². The Morgan fingerprint density at radius 2 is 2.29 bits per heavy atom. The Bertz CT molecular complexity index is 525. The summed E-state index contributed by atoms with van der Waals surface area (Å²) in [5, 5.41) is 11.2. The van der Waals surface area contributed by atoms with Crippen LogP contribution in [-0.2, 0) is 6.42 Å². The van der Waals surface area contributed by atoms with E-state index in [-0.39, 0.29) is 12.2 Å². The minimum Gasteiger partial charge on any atom is -0.207 e. The van der Waals surface area contributed by atoms with E-state index in [1.807, 2.05) is 11.4 Å². The Hall–Kier alpha value is -1.05. The van der Waals surface area contributed by atoms with E-state index in [4.69, 9.17) is 5.26 Å². The zero-order valence-corrected chi connectivity index (χ0v) is 8.83. The molecule has 0 aliphatic rings. The van der Waals surface area contributed by atoms with Crippen molar-refractivity contribution in [3.63, 3.8) is 0 Å². The normalized spacial score (nSPS) is 10.4. The van der Waals surface area contributed by atoms with Gasteiger partial charge in [0.2, 0.25) is 0 Å². The zero-order valence-electron chi connectivity index (χ0n) is 7.12. The molecule has 1 aromatic carbocycles. The Labute approximate surface area is 90.2 Å². The fourth-order valence-electron chi connectivity index (χ4n) is 1.41. The Balaban J connectivity index is 2.81. The molecule has 0 atom stereocenters. The fourth-order valence-corrected chi connectivity index (χ4v) is 2.75. The molecule has 0 saturated carbocycles. The van der Waals surface area contributed by atoms with Crippen molar-refractivity contribution in [3.8, 4) is 6.07 Å². The van der Waals surface area contributed by atoms with Gasteiger partial charge in [-0.2, -0.15) is 5.26 Å². The minimum atomic E-state index is -0.326. The molecule has 1 heterocycles. The first-order valence-corrected chi connectivity index (χ1v) is 5.31. The van der Waals surface area contributed by atoms with Crippen LogP contribution in [0.4, 0.5) is 4.39 Å². The summed E-state index contributed by atoms with van der Waals surface area (Å²) in [7, 11) is 0. The lowest BCUT2D eigenvalue weighted by molar-refractivity contribution is 0.618. The molecule has 0 amide bonds. The van der Waals surface area contributed by atoms with Crippen LogP contribution in [0.5, 0.6) is 0 Å². The largest absolute Gasteiger partial charge is 0.207 e. The molecule has 4 heteroatoms. The average Bonchev–Trinajstić information content (AvgIpc) is 2.53.